The van der Waals surface area contributed by atoms with Crippen molar-refractivity contribution in [3.8, 4) is 0 Å². The zero-order valence-electron chi connectivity index (χ0n) is 16.7. The topological polar surface area (TPSA) is 67.2 Å². The number of carbonyl (C=O) groups is 1. The van der Waals surface area contributed by atoms with Crippen LogP contribution in [0.5, 0.6) is 0 Å². The Kier molecular flexibility index (Phi) is 5.60. The summed E-state index contributed by atoms with van der Waals surface area (Å²) < 4.78 is 1.50. The average Bonchev–Trinajstić information content (AvgIpc) is 2.75. The number of hydrogen-bond donors (Lipinski definition) is 1. The molecule has 3 aromatic rings. The fraction of sp³-hybridized carbons (Fsp3) is 0.348. The van der Waals surface area contributed by atoms with E-state index in [2.05, 4.69) is 27.3 Å². The van der Waals surface area contributed by atoms with Gasteiger partial charge in [0.2, 0.25) is 5.91 Å². The highest BCUT2D eigenvalue weighted by Crippen LogP contribution is 2.22. The molecule has 1 saturated heterocycles. The number of rotatable bonds is 5. The maximum atomic E-state index is 12.6. The Labute approximate surface area is 170 Å². The molecule has 150 valence electrons. The second kappa shape index (κ2) is 8.47. The van der Waals surface area contributed by atoms with Crippen LogP contribution in [0.4, 0.5) is 11.4 Å². The highest BCUT2D eigenvalue weighted by Gasteiger charge is 2.11. The fourth-order valence-corrected chi connectivity index (χ4v) is 3.85. The Hall–Kier alpha value is -3.15. The van der Waals surface area contributed by atoms with Gasteiger partial charge < -0.3 is 10.2 Å². The minimum absolute atomic E-state index is 0.114. The van der Waals surface area contributed by atoms with Crippen molar-refractivity contribution in [2.75, 3.05) is 23.3 Å². The number of carbonyl (C=O) groups excluding carboxylic acids is 1. The van der Waals surface area contributed by atoms with Crippen LogP contribution in [0.1, 0.15) is 31.2 Å². The molecule has 2 heterocycles. The van der Waals surface area contributed by atoms with Crippen molar-refractivity contribution in [2.45, 2.75) is 39.2 Å². The Balaban J connectivity index is 1.37. The molecule has 0 bridgehead atoms. The van der Waals surface area contributed by atoms with Gasteiger partial charge in [0.25, 0.3) is 5.56 Å². The van der Waals surface area contributed by atoms with Crippen molar-refractivity contribution in [1.82, 2.24) is 9.55 Å². The smallest absolute Gasteiger partial charge is 0.261 e. The van der Waals surface area contributed by atoms with Gasteiger partial charge in [-0.25, -0.2) is 4.98 Å². The molecule has 2 aromatic carbocycles. The summed E-state index contributed by atoms with van der Waals surface area (Å²) in [5, 5.41) is 3.50. The van der Waals surface area contributed by atoms with E-state index in [9.17, 15) is 9.59 Å². The highest BCUT2D eigenvalue weighted by atomic mass is 16.1. The molecule has 1 fully saturated rings. The third kappa shape index (κ3) is 4.31. The van der Waals surface area contributed by atoms with Gasteiger partial charge in [-0.1, -0.05) is 12.1 Å². The lowest BCUT2D eigenvalue weighted by Crippen LogP contribution is -2.29. The van der Waals surface area contributed by atoms with Gasteiger partial charge in [0.15, 0.2) is 0 Å². The lowest BCUT2D eigenvalue weighted by molar-refractivity contribution is -0.116. The summed E-state index contributed by atoms with van der Waals surface area (Å²) in [5.41, 5.74) is 3.55. The molecule has 0 saturated carbocycles. The normalized spacial score (nSPS) is 14.2. The van der Waals surface area contributed by atoms with Crippen molar-refractivity contribution >= 4 is 28.2 Å². The van der Waals surface area contributed by atoms with Gasteiger partial charge in [-0.05, 0) is 62.1 Å². The van der Waals surface area contributed by atoms with Crippen LogP contribution in [0.2, 0.25) is 0 Å². The molecule has 29 heavy (non-hydrogen) atoms. The molecule has 1 aliphatic rings. The van der Waals surface area contributed by atoms with Crippen LogP contribution in [-0.4, -0.2) is 28.5 Å². The van der Waals surface area contributed by atoms with E-state index in [1.54, 1.807) is 6.07 Å². The monoisotopic (exact) mass is 390 g/mol. The first-order valence-corrected chi connectivity index (χ1v) is 10.2. The Bertz CT molecular complexity index is 1070. The number of aryl methyl sites for hydroxylation is 2. The first-order chi connectivity index (χ1) is 14.1. The van der Waals surface area contributed by atoms with Crippen LogP contribution < -0.4 is 15.8 Å². The standard InChI is InChI=1S/C23H26N4O2/c1-17-6-5-7-20-22(17)24-16-27(23(20)29)15-12-21(28)25-18-8-10-19(11-9-18)26-13-3-2-4-14-26/h5-11,16H,2-4,12-15H2,1H3,(H,25,28). The second-order valence-corrected chi connectivity index (χ2v) is 7.61. The van der Waals surface area contributed by atoms with Gasteiger partial charge in [0.05, 0.1) is 17.2 Å². The van der Waals surface area contributed by atoms with E-state index in [1.807, 2.05) is 31.2 Å². The number of hydrogen-bond acceptors (Lipinski definition) is 4. The SMILES string of the molecule is Cc1cccc2c(=O)n(CCC(=O)Nc3ccc(N4CCCCC4)cc3)cnc12. The molecule has 4 rings (SSSR count). The number of anilines is 2. The molecule has 6 nitrogen and oxygen atoms in total. The summed E-state index contributed by atoms with van der Waals surface area (Å²) in [6.07, 6.45) is 5.52. The summed E-state index contributed by atoms with van der Waals surface area (Å²) in [5.74, 6) is -0.119. The van der Waals surface area contributed by atoms with Crippen molar-refractivity contribution in [3.63, 3.8) is 0 Å². The van der Waals surface area contributed by atoms with E-state index in [0.29, 0.717) is 17.4 Å². The second-order valence-electron chi connectivity index (χ2n) is 7.61. The van der Waals surface area contributed by atoms with Gasteiger partial charge in [-0.2, -0.15) is 0 Å². The predicted molar refractivity (Wildman–Crippen MR) is 116 cm³/mol. The lowest BCUT2D eigenvalue weighted by Gasteiger charge is -2.28. The van der Waals surface area contributed by atoms with Crippen molar-refractivity contribution < 1.29 is 4.79 Å². The van der Waals surface area contributed by atoms with E-state index >= 15 is 0 Å². The Morgan fingerprint density at radius 1 is 1.07 bits per heavy atom. The highest BCUT2D eigenvalue weighted by molar-refractivity contribution is 5.90. The fourth-order valence-electron chi connectivity index (χ4n) is 3.85. The largest absolute Gasteiger partial charge is 0.372 e. The molecule has 0 spiro atoms. The van der Waals surface area contributed by atoms with Gasteiger partial charge in [-0.3, -0.25) is 14.2 Å². The molecule has 1 aromatic heterocycles. The van der Waals surface area contributed by atoms with Crippen LogP contribution in [0.15, 0.2) is 53.6 Å². The summed E-state index contributed by atoms with van der Waals surface area (Å²) in [6, 6.07) is 13.6. The first-order valence-electron chi connectivity index (χ1n) is 10.2. The van der Waals surface area contributed by atoms with Crippen LogP contribution in [0.25, 0.3) is 10.9 Å². The molecular weight excluding hydrogens is 364 g/mol. The Morgan fingerprint density at radius 3 is 2.59 bits per heavy atom. The minimum atomic E-state index is -0.119. The number of nitrogens with zero attached hydrogens (tertiary/aromatic N) is 3. The number of nitrogens with one attached hydrogen (secondary N) is 1. The van der Waals surface area contributed by atoms with Gasteiger partial charge >= 0.3 is 0 Å². The molecule has 6 heteroatoms. The van der Waals surface area contributed by atoms with Crippen molar-refractivity contribution in [3.05, 3.63) is 64.7 Å². The van der Waals surface area contributed by atoms with E-state index < -0.39 is 0 Å². The molecule has 1 N–H and O–H groups in total. The molecule has 0 radical (unpaired) electrons. The summed E-state index contributed by atoms with van der Waals surface area (Å²) >= 11 is 0. The molecule has 0 aliphatic carbocycles. The van der Waals surface area contributed by atoms with Gasteiger partial charge in [0, 0.05) is 37.4 Å². The predicted octanol–water partition coefficient (Wildman–Crippen LogP) is 3.72. The van der Waals surface area contributed by atoms with E-state index in [4.69, 9.17) is 0 Å². The van der Waals surface area contributed by atoms with E-state index in [0.717, 1.165) is 24.3 Å². The van der Waals surface area contributed by atoms with Crippen LogP contribution in [0.3, 0.4) is 0 Å². The number of benzene rings is 2. The number of aromatic nitrogens is 2. The quantitative estimate of drug-likeness (QED) is 0.721. The first kappa shape index (κ1) is 19.2. The minimum Gasteiger partial charge on any atom is -0.372 e. The maximum absolute atomic E-state index is 12.6. The molecular formula is C23H26N4O2. The van der Waals surface area contributed by atoms with Gasteiger partial charge in [0.1, 0.15) is 0 Å². The van der Waals surface area contributed by atoms with Crippen LogP contribution in [-0.2, 0) is 11.3 Å². The summed E-state index contributed by atoms with van der Waals surface area (Å²) in [7, 11) is 0. The average molecular weight is 390 g/mol. The number of piperidine rings is 1. The molecule has 1 amide bonds. The van der Waals surface area contributed by atoms with Crippen LogP contribution >= 0.6 is 0 Å². The lowest BCUT2D eigenvalue weighted by atomic mass is 10.1. The third-order valence-electron chi connectivity index (χ3n) is 5.51. The number of amides is 1. The maximum Gasteiger partial charge on any atom is 0.261 e. The van der Waals surface area contributed by atoms with Crippen molar-refractivity contribution in [1.29, 1.82) is 0 Å². The Morgan fingerprint density at radius 2 is 1.83 bits per heavy atom. The summed E-state index contributed by atoms with van der Waals surface area (Å²) in [6.45, 7) is 4.43. The number of para-hydroxylation sites is 1. The van der Waals surface area contributed by atoms with Crippen molar-refractivity contribution in [2.24, 2.45) is 0 Å². The van der Waals surface area contributed by atoms with E-state index in [1.165, 1.54) is 35.8 Å². The summed E-state index contributed by atoms with van der Waals surface area (Å²) in [4.78, 5) is 31.7. The zero-order valence-corrected chi connectivity index (χ0v) is 16.7. The van der Waals surface area contributed by atoms with E-state index in [-0.39, 0.29) is 17.9 Å². The molecule has 1 aliphatic heterocycles. The van der Waals surface area contributed by atoms with Crippen LogP contribution in [0, 0.1) is 6.92 Å². The number of fused-ring (bicyclic) bond motifs is 1. The molecule has 0 atom stereocenters. The molecule has 0 unspecified atom stereocenters. The zero-order chi connectivity index (χ0) is 20.2. The van der Waals surface area contributed by atoms with Gasteiger partial charge in [-0.15, -0.1) is 0 Å². The third-order valence-corrected chi connectivity index (χ3v) is 5.51.